The summed E-state index contributed by atoms with van der Waals surface area (Å²) in [6, 6.07) is 1.95. The van der Waals surface area contributed by atoms with Gasteiger partial charge in [-0.1, -0.05) is 0 Å². The molecular formula is C9H11N3OS. The molecule has 0 aliphatic carbocycles. The average Bonchev–Trinajstić information content (AvgIpc) is 2.61. The van der Waals surface area contributed by atoms with Crippen molar-refractivity contribution in [3.8, 4) is 0 Å². The molecule has 0 spiro atoms. The van der Waals surface area contributed by atoms with Crippen molar-refractivity contribution in [2.45, 2.75) is 13.0 Å². The van der Waals surface area contributed by atoms with Gasteiger partial charge in [-0.05, 0) is 18.4 Å². The molecule has 0 radical (unpaired) electrons. The molecule has 2 heterocycles. The zero-order chi connectivity index (χ0) is 9.97. The van der Waals surface area contributed by atoms with Crippen LogP contribution in [-0.2, 0) is 0 Å². The summed E-state index contributed by atoms with van der Waals surface area (Å²) in [5, 5.41) is 14.0. The summed E-state index contributed by atoms with van der Waals surface area (Å²) in [5.41, 5.74) is 0.943. The summed E-state index contributed by atoms with van der Waals surface area (Å²) in [6.07, 6.45) is 1.40. The van der Waals surface area contributed by atoms with Crippen LogP contribution in [0.5, 0.6) is 0 Å². The fraction of sp³-hybridized carbons (Fsp3) is 0.333. The zero-order valence-corrected chi connectivity index (χ0v) is 8.58. The fourth-order valence-electron chi connectivity index (χ4n) is 1.09. The van der Waals surface area contributed by atoms with Gasteiger partial charge in [0.25, 0.3) is 0 Å². The number of aromatic nitrogens is 2. The Morgan fingerprint density at radius 2 is 2.50 bits per heavy atom. The first-order valence-corrected chi connectivity index (χ1v) is 5.26. The molecule has 0 saturated heterocycles. The quantitative estimate of drug-likeness (QED) is 0.804. The van der Waals surface area contributed by atoms with E-state index in [2.05, 4.69) is 15.3 Å². The Hall–Kier alpha value is -1.20. The van der Waals surface area contributed by atoms with Gasteiger partial charge in [0, 0.05) is 6.54 Å². The van der Waals surface area contributed by atoms with Crippen LogP contribution in [0.4, 0.5) is 5.95 Å². The number of hydrogen-bond donors (Lipinski definition) is 2. The minimum Gasteiger partial charge on any atom is -0.392 e. The predicted molar refractivity (Wildman–Crippen MR) is 57.6 cm³/mol. The maximum absolute atomic E-state index is 9.07. The summed E-state index contributed by atoms with van der Waals surface area (Å²) in [4.78, 5) is 8.41. The molecule has 0 aromatic carbocycles. The van der Waals surface area contributed by atoms with Crippen molar-refractivity contribution in [3.63, 3.8) is 0 Å². The van der Waals surface area contributed by atoms with Gasteiger partial charge in [0.2, 0.25) is 5.95 Å². The Morgan fingerprint density at radius 3 is 3.29 bits per heavy atom. The van der Waals surface area contributed by atoms with Crippen molar-refractivity contribution in [3.05, 3.63) is 17.6 Å². The number of aliphatic hydroxyl groups is 1. The lowest BCUT2D eigenvalue weighted by Gasteiger charge is -2.05. The minimum atomic E-state index is -0.392. The number of nitrogens with one attached hydrogen (secondary N) is 1. The fourth-order valence-corrected chi connectivity index (χ4v) is 1.78. The standard InChI is InChI=1S/C9H11N3OS/c1-6(13)4-10-9-11-5-8-7(12-9)2-3-14-8/h2-3,5-6,13H,4H2,1H3,(H,10,11,12). The first-order valence-electron chi connectivity index (χ1n) is 4.38. The molecule has 2 aromatic rings. The van der Waals surface area contributed by atoms with E-state index in [0.717, 1.165) is 10.2 Å². The number of rotatable bonds is 3. The number of hydrogen-bond acceptors (Lipinski definition) is 5. The van der Waals surface area contributed by atoms with Crippen LogP contribution in [0, 0.1) is 0 Å². The van der Waals surface area contributed by atoms with Crippen LogP contribution >= 0.6 is 11.3 Å². The Labute approximate surface area is 85.6 Å². The lowest BCUT2D eigenvalue weighted by molar-refractivity contribution is 0.208. The highest BCUT2D eigenvalue weighted by molar-refractivity contribution is 7.17. The maximum Gasteiger partial charge on any atom is 0.223 e. The highest BCUT2D eigenvalue weighted by Crippen LogP contribution is 2.18. The molecule has 0 fully saturated rings. The Balaban J connectivity index is 2.17. The zero-order valence-electron chi connectivity index (χ0n) is 7.77. The van der Waals surface area contributed by atoms with Gasteiger partial charge in [0.15, 0.2) is 0 Å². The van der Waals surface area contributed by atoms with Crippen molar-refractivity contribution in [2.24, 2.45) is 0 Å². The second-order valence-electron chi connectivity index (χ2n) is 3.09. The molecule has 2 N–H and O–H groups in total. The third-order valence-corrected chi connectivity index (χ3v) is 2.60. The highest BCUT2D eigenvalue weighted by Gasteiger charge is 2.01. The van der Waals surface area contributed by atoms with Gasteiger partial charge in [-0.2, -0.15) is 0 Å². The number of nitrogens with zero attached hydrogens (tertiary/aromatic N) is 2. The van der Waals surface area contributed by atoms with Gasteiger partial charge in [0.1, 0.15) is 0 Å². The lowest BCUT2D eigenvalue weighted by atomic mass is 10.4. The first-order chi connectivity index (χ1) is 6.75. The minimum absolute atomic E-state index is 0.392. The molecule has 2 rings (SSSR count). The smallest absolute Gasteiger partial charge is 0.223 e. The largest absolute Gasteiger partial charge is 0.392 e. The number of aliphatic hydroxyl groups excluding tert-OH is 1. The van der Waals surface area contributed by atoms with Crippen molar-refractivity contribution < 1.29 is 5.11 Å². The Morgan fingerprint density at radius 1 is 1.64 bits per heavy atom. The molecule has 1 atom stereocenters. The van der Waals surface area contributed by atoms with Crippen LogP contribution in [-0.4, -0.2) is 27.7 Å². The van der Waals surface area contributed by atoms with Crippen LogP contribution in [0.1, 0.15) is 6.92 Å². The van der Waals surface area contributed by atoms with E-state index in [1.54, 1.807) is 24.5 Å². The average molecular weight is 209 g/mol. The summed E-state index contributed by atoms with van der Waals surface area (Å²) in [5.74, 6) is 0.566. The number of thiophene rings is 1. The van der Waals surface area contributed by atoms with Crippen molar-refractivity contribution in [1.82, 2.24) is 9.97 Å². The molecule has 0 aliphatic heterocycles. The van der Waals surface area contributed by atoms with Crippen LogP contribution in [0.25, 0.3) is 10.2 Å². The molecule has 4 nitrogen and oxygen atoms in total. The lowest BCUT2D eigenvalue weighted by Crippen LogP contribution is -2.16. The van der Waals surface area contributed by atoms with E-state index in [4.69, 9.17) is 5.11 Å². The van der Waals surface area contributed by atoms with Gasteiger partial charge in [-0.15, -0.1) is 11.3 Å². The molecule has 14 heavy (non-hydrogen) atoms. The molecular weight excluding hydrogens is 198 g/mol. The second kappa shape index (κ2) is 3.89. The van der Waals surface area contributed by atoms with E-state index in [9.17, 15) is 0 Å². The predicted octanol–water partition coefficient (Wildman–Crippen LogP) is 1.48. The van der Waals surface area contributed by atoms with Crippen molar-refractivity contribution >= 4 is 27.5 Å². The van der Waals surface area contributed by atoms with Crippen molar-refractivity contribution in [2.75, 3.05) is 11.9 Å². The molecule has 2 aromatic heterocycles. The summed E-state index contributed by atoms with van der Waals surface area (Å²) >= 11 is 1.62. The van der Waals surface area contributed by atoms with E-state index in [-0.39, 0.29) is 0 Å². The van der Waals surface area contributed by atoms with Gasteiger partial charge in [-0.25, -0.2) is 9.97 Å². The van der Waals surface area contributed by atoms with Gasteiger partial charge >= 0.3 is 0 Å². The van der Waals surface area contributed by atoms with Crippen LogP contribution < -0.4 is 5.32 Å². The Kier molecular flexibility index (Phi) is 2.60. The van der Waals surface area contributed by atoms with E-state index in [1.165, 1.54) is 0 Å². The molecule has 0 aliphatic rings. The van der Waals surface area contributed by atoms with E-state index in [0.29, 0.717) is 12.5 Å². The van der Waals surface area contributed by atoms with Gasteiger partial charge < -0.3 is 10.4 Å². The van der Waals surface area contributed by atoms with Crippen LogP contribution in [0.2, 0.25) is 0 Å². The highest BCUT2D eigenvalue weighted by atomic mass is 32.1. The molecule has 0 amide bonds. The molecule has 74 valence electrons. The molecule has 0 bridgehead atoms. The normalized spacial score (nSPS) is 13.0. The van der Waals surface area contributed by atoms with Gasteiger partial charge in [-0.3, -0.25) is 0 Å². The summed E-state index contributed by atoms with van der Waals surface area (Å²) in [7, 11) is 0. The number of anilines is 1. The molecule has 0 saturated carbocycles. The summed E-state index contributed by atoms with van der Waals surface area (Å²) < 4.78 is 1.08. The molecule has 1 unspecified atom stereocenters. The van der Waals surface area contributed by atoms with Crippen LogP contribution in [0.15, 0.2) is 17.6 Å². The summed E-state index contributed by atoms with van der Waals surface area (Å²) in [6.45, 7) is 2.19. The first kappa shape index (κ1) is 9.36. The number of fused-ring (bicyclic) bond motifs is 1. The van der Waals surface area contributed by atoms with Crippen molar-refractivity contribution in [1.29, 1.82) is 0 Å². The Bertz CT molecular complexity index is 427. The second-order valence-corrected chi connectivity index (χ2v) is 4.04. The topological polar surface area (TPSA) is 58.0 Å². The van der Waals surface area contributed by atoms with E-state index < -0.39 is 6.10 Å². The third kappa shape index (κ3) is 2.00. The van der Waals surface area contributed by atoms with E-state index >= 15 is 0 Å². The van der Waals surface area contributed by atoms with Crippen LogP contribution in [0.3, 0.4) is 0 Å². The van der Waals surface area contributed by atoms with Gasteiger partial charge in [0.05, 0.1) is 22.5 Å². The SMILES string of the molecule is CC(O)CNc1ncc2sccc2n1. The maximum atomic E-state index is 9.07. The van der Waals surface area contributed by atoms with E-state index in [1.807, 2.05) is 11.4 Å². The molecule has 5 heteroatoms. The third-order valence-electron chi connectivity index (χ3n) is 1.76. The monoisotopic (exact) mass is 209 g/mol.